The predicted molar refractivity (Wildman–Crippen MR) is 117 cm³/mol. The van der Waals surface area contributed by atoms with Gasteiger partial charge in [-0.1, -0.05) is 47.5 Å². The van der Waals surface area contributed by atoms with Crippen LogP contribution in [0.2, 0.25) is 0 Å². The fraction of sp³-hybridized carbons (Fsp3) is 0.130. The van der Waals surface area contributed by atoms with Crippen LogP contribution in [-0.4, -0.2) is 19.7 Å². The molecule has 0 aliphatic carbocycles. The maximum atomic E-state index is 13.4. The molecule has 0 spiro atoms. The third-order valence-corrected chi connectivity index (χ3v) is 7.48. The van der Waals surface area contributed by atoms with Gasteiger partial charge in [0.05, 0.1) is 33.1 Å². The Morgan fingerprint density at radius 1 is 0.897 bits per heavy atom. The van der Waals surface area contributed by atoms with Gasteiger partial charge in [-0.15, -0.1) is 0 Å². The zero-order valence-electron chi connectivity index (χ0n) is 16.5. The molecular weight excluding hydrogens is 404 g/mol. The van der Waals surface area contributed by atoms with Gasteiger partial charge in [0.1, 0.15) is 5.75 Å². The monoisotopic (exact) mass is 426 g/mol. The lowest BCUT2D eigenvalue weighted by Crippen LogP contribution is -2.03. The number of rotatable bonds is 6. The third kappa shape index (κ3) is 5.02. The van der Waals surface area contributed by atoms with Crippen molar-refractivity contribution in [3.05, 3.63) is 94.9 Å². The number of sulfone groups is 1. The van der Waals surface area contributed by atoms with Crippen molar-refractivity contribution in [2.75, 3.05) is 7.11 Å². The molecule has 0 saturated heterocycles. The first-order valence-electron chi connectivity index (χ1n) is 8.96. The first-order valence-corrected chi connectivity index (χ1v) is 11.7. The van der Waals surface area contributed by atoms with Crippen molar-refractivity contribution in [3.63, 3.8) is 0 Å². The van der Waals surface area contributed by atoms with E-state index < -0.39 is 20.6 Å². The second-order valence-electron chi connectivity index (χ2n) is 6.65. The van der Waals surface area contributed by atoms with Crippen LogP contribution in [0.15, 0.2) is 88.0 Å². The zero-order chi connectivity index (χ0) is 21.0. The van der Waals surface area contributed by atoms with Gasteiger partial charge >= 0.3 is 0 Å². The van der Waals surface area contributed by atoms with E-state index in [2.05, 4.69) is 0 Å². The second kappa shape index (κ2) is 8.76. The molecule has 0 bridgehead atoms. The van der Waals surface area contributed by atoms with Gasteiger partial charge in [-0.3, -0.25) is 0 Å². The van der Waals surface area contributed by atoms with E-state index in [9.17, 15) is 12.6 Å². The highest BCUT2D eigenvalue weighted by Crippen LogP contribution is 2.29. The Bertz CT molecular complexity index is 1160. The summed E-state index contributed by atoms with van der Waals surface area (Å²) in [7, 11) is -3.96. The van der Waals surface area contributed by atoms with Crippen LogP contribution in [0.4, 0.5) is 0 Å². The molecule has 1 atom stereocenters. The summed E-state index contributed by atoms with van der Waals surface area (Å²) in [6, 6.07) is 20.7. The topological polar surface area (TPSA) is 60.4 Å². The fourth-order valence-electron chi connectivity index (χ4n) is 2.72. The Morgan fingerprint density at radius 3 is 2.07 bits per heavy atom. The van der Waals surface area contributed by atoms with Gasteiger partial charge in [0, 0.05) is 4.90 Å². The molecule has 0 saturated carbocycles. The Hall–Kier alpha value is -2.70. The fourth-order valence-corrected chi connectivity index (χ4v) is 5.50. The summed E-state index contributed by atoms with van der Waals surface area (Å²) in [5, 5.41) is 1.10. The molecule has 0 aliphatic heterocycles. The van der Waals surface area contributed by atoms with E-state index in [-0.39, 0.29) is 9.80 Å². The van der Waals surface area contributed by atoms with Crippen molar-refractivity contribution in [3.8, 4) is 5.75 Å². The Morgan fingerprint density at radius 2 is 1.48 bits per heavy atom. The van der Waals surface area contributed by atoms with E-state index in [4.69, 9.17) is 4.74 Å². The molecule has 3 aromatic rings. The molecule has 6 heteroatoms. The SMILES string of the molecule is COc1cccc(C(=CS(=O)(=O)c2ccc(C)cc2)S(=O)c2ccc(C)cc2)c1. The van der Waals surface area contributed by atoms with Crippen LogP contribution in [0.25, 0.3) is 4.91 Å². The highest BCUT2D eigenvalue weighted by atomic mass is 32.2. The molecule has 4 nitrogen and oxygen atoms in total. The highest BCUT2D eigenvalue weighted by molar-refractivity contribution is 7.99. The molecule has 0 heterocycles. The second-order valence-corrected chi connectivity index (χ2v) is 9.90. The average molecular weight is 427 g/mol. The molecule has 0 aromatic heterocycles. The van der Waals surface area contributed by atoms with Gasteiger partial charge in [-0.2, -0.15) is 0 Å². The lowest BCUT2D eigenvalue weighted by Gasteiger charge is -2.11. The minimum atomic E-state index is -3.80. The minimum absolute atomic E-state index is 0.157. The molecule has 0 fully saturated rings. The first-order chi connectivity index (χ1) is 13.8. The molecule has 0 amide bonds. The van der Waals surface area contributed by atoms with Crippen molar-refractivity contribution >= 4 is 25.5 Å². The molecule has 0 radical (unpaired) electrons. The van der Waals surface area contributed by atoms with E-state index in [0.717, 1.165) is 16.5 Å². The largest absolute Gasteiger partial charge is 0.497 e. The highest BCUT2D eigenvalue weighted by Gasteiger charge is 2.20. The van der Waals surface area contributed by atoms with Crippen molar-refractivity contribution in [1.82, 2.24) is 0 Å². The van der Waals surface area contributed by atoms with Crippen molar-refractivity contribution in [2.45, 2.75) is 23.6 Å². The number of methoxy groups -OCH3 is 1. The first kappa shape index (κ1) is 21.0. The molecule has 3 rings (SSSR count). The van der Waals surface area contributed by atoms with E-state index in [1.54, 1.807) is 60.7 Å². The molecule has 1 unspecified atom stereocenters. The molecule has 29 heavy (non-hydrogen) atoms. The molecular formula is C23H22O4S2. The quantitative estimate of drug-likeness (QED) is 0.563. The van der Waals surface area contributed by atoms with Gasteiger partial charge in [0.25, 0.3) is 0 Å². The van der Waals surface area contributed by atoms with Crippen molar-refractivity contribution < 1.29 is 17.4 Å². The summed E-state index contributed by atoms with van der Waals surface area (Å²) in [5.74, 6) is 0.557. The van der Waals surface area contributed by atoms with Crippen molar-refractivity contribution in [2.24, 2.45) is 0 Å². The summed E-state index contributed by atoms with van der Waals surface area (Å²) < 4.78 is 44.7. The summed E-state index contributed by atoms with van der Waals surface area (Å²) in [6.07, 6.45) is 0. The molecule has 150 valence electrons. The summed E-state index contributed by atoms with van der Waals surface area (Å²) in [6.45, 7) is 3.83. The third-order valence-electron chi connectivity index (χ3n) is 4.40. The zero-order valence-corrected chi connectivity index (χ0v) is 18.1. The van der Waals surface area contributed by atoms with Crippen LogP contribution in [0.5, 0.6) is 5.75 Å². The summed E-state index contributed by atoms with van der Waals surface area (Å²) in [5.41, 5.74) is 2.52. The molecule has 0 N–H and O–H groups in total. The van der Waals surface area contributed by atoms with Gasteiger partial charge in [0.15, 0.2) is 0 Å². The Labute approximate surface area is 174 Å². The van der Waals surface area contributed by atoms with Crippen molar-refractivity contribution in [1.29, 1.82) is 0 Å². The molecule has 0 aliphatic rings. The number of hydrogen-bond donors (Lipinski definition) is 0. The number of benzene rings is 3. The van der Waals surface area contributed by atoms with Crippen LogP contribution in [0, 0.1) is 13.8 Å². The Kier molecular flexibility index (Phi) is 6.35. The summed E-state index contributed by atoms with van der Waals surface area (Å²) >= 11 is 0. The number of aryl methyl sites for hydroxylation is 2. The summed E-state index contributed by atoms with van der Waals surface area (Å²) in [4.78, 5) is 0.890. The molecule has 3 aromatic carbocycles. The normalized spacial score (nSPS) is 13.1. The van der Waals surface area contributed by atoms with Gasteiger partial charge < -0.3 is 4.74 Å². The average Bonchev–Trinajstić information content (AvgIpc) is 2.72. The smallest absolute Gasteiger partial charge is 0.201 e. The maximum absolute atomic E-state index is 13.4. The lowest BCUT2D eigenvalue weighted by molar-refractivity contribution is 0.414. The van der Waals surface area contributed by atoms with Crippen LogP contribution in [-0.2, 0) is 20.6 Å². The predicted octanol–water partition coefficient (Wildman–Crippen LogP) is 4.89. The van der Waals surface area contributed by atoms with Crippen LogP contribution >= 0.6 is 0 Å². The Balaban J connectivity index is 2.16. The van der Waals surface area contributed by atoms with E-state index in [1.165, 1.54) is 7.11 Å². The van der Waals surface area contributed by atoms with Gasteiger partial charge in [0.2, 0.25) is 9.84 Å². The van der Waals surface area contributed by atoms with Crippen LogP contribution < -0.4 is 4.74 Å². The lowest BCUT2D eigenvalue weighted by atomic mass is 10.2. The van der Waals surface area contributed by atoms with E-state index in [1.807, 2.05) is 26.0 Å². The van der Waals surface area contributed by atoms with Gasteiger partial charge in [-0.05, 0) is 55.8 Å². The van der Waals surface area contributed by atoms with E-state index >= 15 is 0 Å². The maximum Gasteiger partial charge on any atom is 0.201 e. The van der Waals surface area contributed by atoms with Gasteiger partial charge in [-0.25, -0.2) is 12.6 Å². The standard InChI is InChI=1S/C23H22O4S2/c1-17-7-11-21(12-8-17)28(24)23(19-5-4-6-20(15-19)27-3)16-29(25,26)22-13-9-18(2)10-14-22/h4-16H,1-3H3. The minimum Gasteiger partial charge on any atom is -0.497 e. The van der Waals surface area contributed by atoms with Crippen LogP contribution in [0.3, 0.4) is 0 Å². The number of hydrogen-bond acceptors (Lipinski definition) is 4. The van der Waals surface area contributed by atoms with E-state index in [0.29, 0.717) is 16.2 Å². The number of ether oxygens (including phenoxy) is 1. The van der Waals surface area contributed by atoms with Crippen LogP contribution in [0.1, 0.15) is 16.7 Å².